The maximum Gasteiger partial charge on any atom is 0.124 e. The summed E-state index contributed by atoms with van der Waals surface area (Å²) in [7, 11) is 0. The molecule has 0 amide bonds. The van der Waals surface area contributed by atoms with Gasteiger partial charge in [-0.15, -0.1) is 0 Å². The van der Waals surface area contributed by atoms with Crippen LogP contribution in [0, 0.1) is 5.82 Å². The maximum absolute atomic E-state index is 13.0. The summed E-state index contributed by atoms with van der Waals surface area (Å²) in [5, 5.41) is 3.65. The molecule has 0 aromatic heterocycles. The van der Waals surface area contributed by atoms with Gasteiger partial charge < -0.3 is 10.1 Å². The van der Waals surface area contributed by atoms with E-state index < -0.39 is 0 Å². The van der Waals surface area contributed by atoms with Crippen LogP contribution in [-0.2, 0) is 13.2 Å². The quantitative estimate of drug-likeness (QED) is 0.776. The molecule has 0 bridgehead atoms. The third kappa shape index (κ3) is 4.70. The van der Waals surface area contributed by atoms with Gasteiger partial charge >= 0.3 is 0 Å². The molecule has 0 aliphatic carbocycles. The molecule has 2 aromatic rings. The number of hydrogen-bond acceptors (Lipinski definition) is 2. The number of rotatable bonds is 6. The highest BCUT2D eigenvalue weighted by molar-refractivity contribution is 9.10. The summed E-state index contributed by atoms with van der Waals surface area (Å²) >= 11 is 9.46. The van der Waals surface area contributed by atoms with E-state index in [1.807, 2.05) is 18.2 Å². The van der Waals surface area contributed by atoms with Crippen molar-refractivity contribution in [1.82, 2.24) is 5.32 Å². The van der Waals surface area contributed by atoms with E-state index in [2.05, 4.69) is 28.2 Å². The van der Waals surface area contributed by atoms with E-state index in [9.17, 15) is 4.39 Å². The zero-order chi connectivity index (χ0) is 15.2. The minimum absolute atomic E-state index is 0.305. The summed E-state index contributed by atoms with van der Waals surface area (Å²) in [5.41, 5.74) is 1.82. The summed E-state index contributed by atoms with van der Waals surface area (Å²) in [6.45, 7) is 3.97. The first kappa shape index (κ1) is 16.3. The first-order valence-corrected chi connectivity index (χ1v) is 7.83. The van der Waals surface area contributed by atoms with E-state index in [1.54, 1.807) is 6.07 Å². The van der Waals surface area contributed by atoms with Crippen molar-refractivity contribution in [2.45, 2.75) is 20.1 Å². The summed E-state index contributed by atoms with van der Waals surface area (Å²) in [6.07, 6.45) is 0. The Morgan fingerprint density at radius 3 is 2.71 bits per heavy atom. The van der Waals surface area contributed by atoms with Gasteiger partial charge in [0.2, 0.25) is 0 Å². The third-order valence-electron chi connectivity index (χ3n) is 2.99. The van der Waals surface area contributed by atoms with E-state index in [0.29, 0.717) is 11.6 Å². The van der Waals surface area contributed by atoms with Crippen LogP contribution < -0.4 is 10.1 Å². The molecule has 112 valence electrons. The lowest BCUT2D eigenvalue weighted by Gasteiger charge is -2.13. The Kier molecular flexibility index (Phi) is 6.03. The fourth-order valence-corrected chi connectivity index (χ4v) is 2.51. The van der Waals surface area contributed by atoms with Gasteiger partial charge in [0.05, 0.1) is 5.02 Å². The molecule has 21 heavy (non-hydrogen) atoms. The molecular weight excluding hydrogens is 357 g/mol. The van der Waals surface area contributed by atoms with Crippen LogP contribution in [0.3, 0.4) is 0 Å². The van der Waals surface area contributed by atoms with Crippen LogP contribution in [0.2, 0.25) is 5.02 Å². The predicted octanol–water partition coefficient (Wildman–Crippen LogP) is 4.93. The molecule has 1 N–H and O–H groups in total. The number of nitrogens with one attached hydrogen (secondary N) is 1. The molecule has 0 radical (unpaired) electrons. The van der Waals surface area contributed by atoms with Crippen molar-refractivity contribution >= 4 is 27.5 Å². The van der Waals surface area contributed by atoms with Gasteiger partial charge in [0.25, 0.3) is 0 Å². The number of halogens is 3. The van der Waals surface area contributed by atoms with Gasteiger partial charge in [-0.2, -0.15) is 0 Å². The molecular formula is C16H16BrClFNO. The molecule has 0 heterocycles. The standard InChI is InChI=1S/C16H16BrClFNO/c1-2-20-9-12-7-13(17)4-6-16(12)21-10-11-3-5-14(19)8-15(11)18/h3-8,20H,2,9-10H2,1H3. The van der Waals surface area contributed by atoms with Crippen LogP contribution in [0.4, 0.5) is 4.39 Å². The zero-order valence-electron chi connectivity index (χ0n) is 11.6. The molecule has 2 rings (SSSR count). The molecule has 0 saturated heterocycles. The van der Waals surface area contributed by atoms with Crippen LogP contribution in [0.15, 0.2) is 40.9 Å². The average Bonchev–Trinajstić information content (AvgIpc) is 2.45. The third-order valence-corrected chi connectivity index (χ3v) is 3.83. The van der Waals surface area contributed by atoms with Crippen LogP contribution in [0.25, 0.3) is 0 Å². The van der Waals surface area contributed by atoms with Crippen molar-refractivity contribution in [2.75, 3.05) is 6.54 Å². The van der Waals surface area contributed by atoms with E-state index in [1.165, 1.54) is 12.1 Å². The largest absolute Gasteiger partial charge is 0.489 e. The molecule has 0 unspecified atom stereocenters. The SMILES string of the molecule is CCNCc1cc(Br)ccc1OCc1ccc(F)cc1Cl. The first-order valence-electron chi connectivity index (χ1n) is 6.66. The smallest absolute Gasteiger partial charge is 0.124 e. The summed E-state index contributed by atoms with van der Waals surface area (Å²) in [6, 6.07) is 10.2. The van der Waals surface area contributed by atoms with Crippen molar-refractivity contribution in [3.05, 3.63) is 62.8 Å². The van der Waals surface area contributed by atoms with Crippen molar-refractivity contribution in [2.24, 2.45) is 0 Å². The van der Waals surface area contributed by atoms with Crippen LogP contribution in [-0.4, -0.2) is 6.54 Å². The lowest BCUT2D eigenvalue weighted by molar-refractivity contribution is 0.302. The van der Waals surface area contributed by atoms with Gasteiger partial charge in [-0.25, -0.2) is 4.39 Å². The van der Waals surface area contributed by atoms with Crippen molar-refractivity contribution in [3.8, 4) is 5.75 Å². The van der Waals surface area contributed by atoms with Gasteiger partial charge in [-0.3, -0.25) is 0 Å². The molecule has 0 aliphatic rings. The second kappa shape index (κ2) is 7.78. The lowest BCUT2D eigenvalue weighted by atomic mass is 10.2. The first-order chi connectivity index (χ1) is 10.1. The van der Waals surface area contributed by atoms with Gasteiger partial charge in [-0.1, -0.05) is 40.5 Å². The molecule has 0 atom stereocenters. The van der Waals surface area contributed by atoms with E-state index >= 15 is 0 Å². The monoisotopic (exact) mass is 371 g/mol. The highest BCUT2D eigenvalue weighted by atomic mass is 79.9. The van der Waals surface area contributed by atoms with Crippen LogP contribution in [0.1, 0.15) is 18.1 Å². The fraction of sp³-hybridized carbons (Fsp3) is 0.250. The minimum Gasteiger partial charge on any atom is -0.489 e. The Morgan fingerprint density at radius 2 is 2.00 bits per heavy atom. The Morgan fingerprint density at radius 1 is 1.19 bits per heavy atom. The van der Waals surface area contributed by atoms with E-state index in [-0.39, 0.29) is 5.82 Å². The number of ether oxygens (including phenoxy) is 1. The number of hydrogen-bond donors (Lipinski definition) is 1. The molecule has 0 saturated carbocycles. The topological polar surface area (TPSA) is 21.3 Å². The molecule has 2 nitrogen and oxygen atoms in total. The predicted molar refractivity (Wildman–Crippen MR) is 87.3 cm³/mol. The van der Waals surface area contributed by atoms with E-state index in [4.69, 9.17) is 16.3 Å². The molecule has 0 fully saturated rings. The highest BCUT2D eigenvalue weighted by Crippen LogP contribution is 2.25. The summed E-state index contributed by atoms with van der Waals surface area (Å²) < 4.78 is 19.9. The zero-order valence-corrected chi connectivity index (χ0v) is 14.0. The van der Waals surface area contributed by atoms with Crippen molar-refractivity contribution in [3.63, 3.8) is 0 Å². The van der Waals surface area contributed by atoms with Gasteiger partial charge in [0.15, 0.2) is 0 Å². The summed E-state index contributed by atoms with van der Waals surface area (Å²) in [5.74, 6) is 0.444. The normalized spacial score (nSPS) is 10.7. The van der Waals surface area contributed by atoms with Crippen LogP contribution in [0.5, 0.6) is 5.75 Å². The second-order valence-electron chi connectivity index (χ2n) is 4.56. The van der Waals surface area contributed by atoms with E-state index in [0.717, 1.165) is 34.4 Å². The minimum atomic E-state index is -0.347. The van der Waals surface area contributed by atoms with Crippen molar-refractivity contribution in [1.29, 1.82) is 0 Å². The molecule has 2 aromatic carbocycles. The summed E-state index contributed by atoms with van der Waals surface area (Å²) in [4.78, 5) is 0. The Balaban J connectivity index is 2.11. The van der Waals surface area contributed by atoms with Crippen molar-refractivity contribution < 1.29 is 9.13 Å². The number of benzene rings is 2. The lowest BCUT2D eigenvalue weighted by Crippen LogP contribution is -2.13. The molecule has 0 aliphatic heterocycles. The van der Waals surface area contributed by atoms with Gasteiger partial charge in [0.1, 0.15) is 18.2 Å². The molecule has 5 heteroatoms. The molecule has 0 spiro atoms. The Hall–Kier alpha value is -1.10. The fourth-order valence-electron chi connectivity index (χ4n) is 1.88. The van der Waals surface area contributed by atoms with Gasteiger partial charge in [0, 0.05) is 22.1 Å². The Bertz CT molecular complexity index is 621. The maximum atomic E-state index is 13.0. The van der Waals surface area contributed by atoms with Crippen LogP contribution >= 0.6 is 27.5 Å². The highest BCUT2D eigenvalue weighted by Gasteiger charge is 2.07. The second-order valence-corrected chi connectivity index (χ2v) is 5.88. The average molecular weight is 373 g/mol. The Labute approximate surface area is 137 Å². The van der Waals surface area contributed by atoms with Gasteiger partial charge in [-0.05, 0) is 36.9 Å².